The van der Waals surface area contributed by atoms with Crippen LogP contribution in [0.15, 0.2) is 23.4 Å². The molecule has 1 aromatic carbocycles. The number of rotatable bonds is 15. The number of carbonyl (C=O) groups is 2. The molecule has 0 unspecified atom stereocenters. The lowest BCUT2D eigenvalue weighted by Gasteiger charge is -2.18. The molecule has 2 rings (SSSR count). The van der Waals surface area contributed by atoms with Crippen LogP contribution in [0.25, 0.3) is 0 Å². The van der Waals surface area contributed by atoms with E-state index in [1.807, 2.05) is 0 Å². The second kappa shape index (κ2) is 13.6. The van der Waals surface area contributed by atoms with Crippen LogP contribution in [0, 0.1) is 0 Å². The minimum absolute atomic E-state index is 0.200. The van der Waals surface area contributed by atoms with Gasteiger partial charge in [-0.05, 0) is 31.1 Å². The molecule has 1 aromatic rings. The van der Waals surface area contributed by atoms with E-state index in [0.29, 0.717) is 23.7 Å². The van der Waals surface area contributed by atoms with Crippen LogP contribution in [0.3, 0.4) is 0 Å². The summed E-state index contributed by atoms with van der Waals surface area (Å²) in [6.07, 6.45) is 16.6. The summed E-state index contributed by atoms with van der Waals surface area (Å²) in [7, 11) is 2.92. The van der Waals surface area contributed by atoms with Crippen molar-refractivity contribution in [3.05, 3.63) is 34.9 Å². The van der Waals surface area contributed by atoms with Gasteiger partial charge in [0, 0.05) is 5.56 Å². The average Bonchev–Trinajstić information content (AvgIpc) is 2.78. The van der Waals surface area contributed by atoms with Gasteiger partial charge < -0.3 is 14.3 Å². The van der Waals surface area contributed by atoms with Crippen molar-refractivity contribution in [2.75, 3.05) is 20.8 Å². The Morgan fingerprint density at radius 1 is 0.806 bits per heavy atom. The molecule has 6 heteroatoms. The van der Waals surface area contributed by atoms with E-state index in [4.69, 9.17) is 14.3 Å². The van der Waals surface area contributed by atoms with Crippen LogP contribution in [0.1, 0.15) is 97.4 Å². The van der Waals surface area contributed by atoms with Gasteiger partial charge in [-0.15, -0.1) is 0 Å². The van der Waals surface area contributed by atoms with Crippen molar-refractivity contribution in [1.29, 1.82) is 0 Å². The van der Waals surface area contributed by atoms with E-state index in [1.165, 1.54) is 84.0 Å². The van der Waals surface area contributed by atoms with E-state index in [-0.39, 0.29) is 22.7 Å². The van der Waals surface area contributed by atoms with Crippen LogP contribution in [0.5, 0.6) is 11.5 Å². The number of allylic oxidation sites excluding steroid dienone is 2. The Morgan fingerprint density at radius 3 is 1.97 bits per heavy atom. The first-order valence-corrected chi connectivity index (χ1v) is 11.3. The average molecular weight is 430 g/mol. The van der Waals surface area contributed by atoms with Gasteiger partial charge in [-0.25, -0.2) is 0 Å². The lowest BCUT2D eigenvalue weighted by molar-refractivity contribution is 0.0989. The molecule has 0 saturated heterocycles. The molecule has 0 atom stereocenters. The predicted molar refractivity (Wildman–Crippen MR) is 123 cm³/mol. The summed E-state index contributed by atoms with van der Waals surface area (Å²) in [4.78, 5) is 30.0. The highest BCUT2D eigenvalue weighted by Crippen LogP contribution is 2.36. The number of fused-ring (bicyclic) bond motifs is 1. The maximum absolute atomic E-state index is 12.4. The van der Waals surface area contributed by atoms with Gasteiger partial charge in [0.15, 0.2) is 11.6 Å². The van der Waals surface area contributed by atoms with Crippen molar-refractivity contribution >= 4 is 17.8 Å². The van der Waals surface area contributed by atoms with Gasteiger partial charge in [0.25, 0.3) is 0 Å². The molecule has 170 valence electrons. The number of oxime groups is 1. The Kier molecular flexibility index (Phi) is 10.8. The largest absolute Gasteiger partial charge is 0.496 e. The Morgan fingerprint density at radius 2 is 1.39 bits per heavy atom. The van der Waals surface area contributed by atoms with Crippen LogP contribution >= 0.6 is 0 Å². The summed E-state index contributed by atoms with van der Waals surface area (Å²) in [6, 6.07) is 1.63. The number of hydrogen-bond donors (Lipinski definition) is 0. The van der Waals surface area contributed by atoms with Crippen molar-refractivity contribution in [3.8, 4) is 11.5 Å². The molecule has 0 aromatic heterocycles. The fourth-order valence-electron chi connectivity index (χ4n) is 3.74. The molecule has 0 aliphatic heterocycles. The zero-order chi connectivity index (χ0) is 22.5. The quantitative estimate of drug-likeness (QED) is 0.197. The SMILES string of the molecule is CCCCCCCCCCCCO/N=C/c1cc(OC)c2c(c1OC)C(=O)C=CC2=O. The van der Waals surface area contributed by atoms with Crippen molar-refractivity contribution in [2.24, 2.45) is 5.16 Å². The first-order valence-electron chi connectivity index (χ1n) is 11.3. The van der Waals surface area contributed by atoms with Crippen LogP contribution in [0.4, 0.5) is 0 Å². The maximum Gasteiger partial charge on any atom is 0.190 e. The van der Waals surface area contributed by atoms with Crippen LogP contribution in [-0.2, 0) is 4.84 Å². The van der Waals surface area contributed by atoms with Gasteiger partial charge in [0.1, 0.15) is 18.1 Å². The number of methoxy groups -OCH3 is 2. The van der Waals surface area contributed by atoms with Crippen LogP contribution < -0.4 is 9.47 Å². The summed E-state index contributed by atoms with van der Waals surface area (Å²) in [5, 5.41) is 4.02. The van der Waals surface area contributed by atoms with E-state index in [0.717, 1.165) is 12.8 Å². The highest BCUT2D eigenvalue weighted by molar-refractivity contribution is 6.25. The van der Waals surface area contributed by atoms with Gasteiger partial charge in [-0.2, -0.15) is 0 Å². The lowest BCUT2D eigenvalue weighted by Crippen LogP contribution is -2.16. The molecular weight excluding hydrogens is 394 g/mol. The van der Waals surface area contributed by atoms with E-state index < -0.39 is 0 Å². The number of benzene rings is 1. The van der Waals surface area contributed by atoms with E-state index >= 15 is 0 Å². The second-order valence-corrected chi connectivity index (χ2v) is 7.76. The third-order valence-corrected chi connectivity index (χ3v) is 5.43. The number of unbranched alkanes of at least 4 members (excludes halogenated alkanes) is 9. The molecule has 0 N–H and O–H groups in total. The summed E-state index contributed by atoms with van der Waals surface area (Å²) < 4.78 is 10.7. The minimum Gasteiger partial charge on any atom is -0.496 e. The van der Waals surface area contributed by atoms with Gasteiger partial charge >= 0.3 is 0 Å². The molecule has 0 heterocycles. The molecule has 0 spiro atoms. The number of nitrogens with zero attached hydrogens (tertiary/aromatic N) is 1. The van der Waals surface area contributed by atoms with Gasteiger partial charge in [-0.3, -0.25) is 9.59 Å². The normalized spacial score (nSPS) is 13.0. The molecular formula is C25H35NO5. The smallest absolute Gasteiger partial charge is 0.190 e. The predicted octanol–water partition coefficient (Wildman–Crippen LogP) is 5.91. The molecule has 1 aliphatic carbocycles. The topological polar surface area (TPSA) is 74.2 Å². The monoisotopic (exact) mass is 429 g/mol. The third-order valence-electron chi connectivity index (χ3n) is 5.43. The van der Waals surface area contributed by atoms with E-state index in [9.17, 15) is 9.59 Å². The number of hydrogen-bond acceptors (Lipinski definition) is 6. The maximum atomic E-state index is 12.4. The Balaban J connectivity index is 1.81. The molecule has 0 radical (unpaired) electrons. The zero-order valence-electron chi connectivity index (χ0n) is 19.1. The minimum atomic E-state index is -0.300. The summed E-state index contributed by atoms with van der Waals surface area (Å²) in [5.74, 6) is 0.0242. The lowest BCUT2D eigenvalue weighted by atomic mass is 9.91. The highest BCUT2D eigenvalue weighted by atomic mass is 16.6. The second-order valence-electron chi connectivity index (χ2n) is 7.76. The number of carbonyl (C=O) groups excluding carboxylic acids is 2. The van der Waals surface area contributed by atoms with Gasteiger partial charge in [-0.1, -0.05) is 63.4 Å². The first kappa shape index (κ1) is 24.6. The molecule has 0 saturated carbocycles. The van der Waals surface area contributed by atoms with Crippen molar-refractivity contribution < 1.29 is 23.9 Å². The Labute approximate surface area is 185 Å². The third kappa shape index (κ3) is 7.23. The Hall–Kier alpha value is -2.63. The van der Waals surface area contributed by atoms with Crippen molar-refractivity contribution in [3.63, 3.8) is 0 Å². The van der Waals surface area contributed by atoms with E-state index in [2.05, 4.69) is 12.1 Å². The van der Waals surface area contributed by atoms with Crippen LogP contribution in [-0.4, -0.2) is 38.6 Å². The summed E-state index contributed by atoms with van der Waals surface area (Å²) >= 11 is 0. The first-order chi connectivity index (χ1) is 15.1. The van der Waals surface area contributed by atoms with Gasteiger partial charge in [0.05, 0.1) is 31.6 Å². The molecule has 0 amide bonds. The van der Waals surface area contributed by atoms with Crippen molar-refractivity contribution in [1.82, 2.24) is 0 Å². The standard InChI is InChI=1S/C25H35NO5/c1-4-5-6-7-8-9-10-11-12-13-16-31-26-18-19-17-22(29-2)23-20(27)14-15-21(28)24(23)25(19)30-3/h14-15,17-18H,4-13,16H2,1-3H3/b26-18+. The van der Waals surface area contributed by atoms with Crippen LogP contribution in [0.2, 0.25) is 0 Å². The number of ether oxygens (including phenoxy) is 2. The fourth-order valence-corrected chi connectivity index (χ4v) is 3.74. The molecule has 0 bridgehead atoms. The fraction of sp³-hybridized carbons (Fsp3) is 0.560. The van der Waals surface area contributed by atoms with Gasteiger partial charge in [0.2, 0.25) is 0 Å². The molecule has 0 fully saturated rings. The molecule has 1 aliphatic rings. The zero-order valence-corrected chi connectivity index (χ0v) is 19.1. The highest BCUT2D eigenvalue weighted by Gasteiger charge is 2.29. The molecule has 31 heavy (non-hydrogen) atoms. The van der Waals surface area contributed by atoms with E-state index in [1.54, 1.807) is 6.07 Å². The molecule has 6 nitrogen and oxygen atoms in total. The number of ketones is 2. The summed E-state index contributed by atoms with van der Waals surface area (Å²) in [5.41, 5.74) is 0.943. The Bertz CT molecular complexity index is 798. The summed E-state index contributed by atoms with van der Waals surface area (Å²) in [6.45, 7) is 2.78. The van der Waals surface area contributed by atoms with Crippen molar-refractivity contribution in [2.45, 2.75) is 71.1 Å².